The van der Waals surface area contributed by atoms with Crippen molar-refractivity contribution in [1.29, 1.82) is 5.26 Å². The van der Waals surface area contributed by atoms with Crippen LogP contribution in [0.3, 0.4) is 0 Å². The zero-order chi connectivity index (χ0) is 17.4. The maximum absolute atomic E-state index is 12.2. The Bertz CT molecular complexity index is 610. The van der Waals surface area contributed by atoms with E-state index in [4.69, 9.17) is 5.26 Å². The summed E-state index contributed by atoms with van der Waals surface area (Å²) >= 11 is 1.74. The van der Waals surface area contributed by atoms with Crippen molar-refractivity contribution in [2.75, 3.05) is 17.6 Å². The molecule has 0 heterocycles. The van der Waals surface area contributed by atoms with E-state index in [9.17, 15) is 9.59 Å². The summed E-state index contributed by atoms with van der Waals surface area (Å²) in [6.07, 6.45) is 4.21. The number of hydrogen-bond acceptors (Lipinski definition) is 4. The predicted molar refractivity (Wildman–Crippen MR) is 95.5 cm³/mol. The van der Waals surface area contributed by atoms with Crippen LogP contribution in [0.1, 0.15) is 32.6 Å². The van der Waals surface area contributed by atoms with Crippen LogP contribution in [0.5, 0.6) is 0 Å². The molecule has 6 heteroatoms. The molecule has 0 spiro atoms. The second kappa shape index (κ2) is 9.33. The molecular weight excluding hydrogens is 322 g/mol. The topological polar surface area (TPSA) is 82.0 Å². The molecule has 0 radical (unpaired) electrons. The summed E-state index contributed by atoms with van der Waals surface area (Å²) in [6, 6.07) is 9.72. The van der Waals surface area contributed by atoms with Gasteiger partial charge in [-0.2, -0.15) is 5.26 Å². The monoisotopic (exact) mass is 345 g/mol. The van der Waals surface area contributed by atoms with Gasteiger partial charge in [0.2, 0.25) is 11.8 Å². The predicted octanol–water partition coefficient (Wildman–Crippen LogP) is 3.18. The normalized spacial score (nSPS) is 20.0. The SMILES string of the molecule is CC(=O)Nc1ccc(SC[C@@H]2CCCC[C@H]2C(=O)NCC#N)cc1. The Morgan fingerprint density at radius 1 is 1.25 bits per heavy atom. The fraction of sp³-hybridized carbons (Fsp3) is 0.500. The molecule has 1 aliphatic carbocycles. The summed E-state index contributed by atoms with van der Waals surface area (Å²) in [7, 11) is 0. The highest BCUT2D eigenvalue weighted by molar-refractivity contribution is 7.99. The minimum atomic E-state index is -0.0798. The molecule has 1 aromatic carbocycles. The summed E-state index contributed by atoms with van der Waals surface area (Å²) in [6.45, 7) is 1.57. The first-order chi connectivity index (χ1) is 11.6. The van der Waals surface area contributed by atoms with E-state index >= 15 is 0 Å². The number of anilines is 1. The third-order valence-electron chi connectivity index (χ3n) is 4.23. The van der Waals surface area contributed by atoms with Gasteiger partial charge in [0, 0.05) is 29.2 Å². The zero-order valence-electron chi connectivity index (χ0n) is 13.9. The first-order valence-electron chi connectivity index (χ1n) is 8.25. The Morgan fingerprint density at radius 2 is 1.96 bits per heavy atom. The van der Waals surface area contributed by atoms with Gasteiger partial charge >= 0.3 is 0 Å². The van der Waals surface area contributed by atoms with Gasteiger partial charge in [0.15, 0.2) is 0 Å². The number of carbonyl (C=O) groups excluding carboxylic acids is 2. The number of amides is 2. The highest BCUT2D eigenvalue weighted by Crippen LogP contribution is 2.34. The average molecular weight is 345 g/mol. The smallest absolute Gasteiger partial charge is 0.224 e. The van der Waals surface area contributed by atoms with E-state index in [0.717, 1.165) is 42.0 Å². The third kappa shape index (κ3) is 5.57. The molecule has 128 valence electrons. The van der Waals surface area contributed by atoms with Crippen molar-refractivity contribution in [1.82, 2.24) is 5.32 Å². The van der Waals surface area contributed by atoms with Crippen LogP contribution in [0.2, 0.25) is 0 Å². The zero-order valence-corrected chi connectivity index (χ0v) is 14.7. The summed E-state index contributed by atoms with van der Waals surface area (Å²) in [5, 5.41) is 14.1. The lowest BCUT2D eigenvalue weighted by atomic mass is 9.80. The van der Waals surface area contributed by atoms with E-state index < -0.39 is 0 Å². The number of thioether (sulfide) groups is 1. The van der Waals surface area contributed by atoms with Gasteiger partial charge in [0.1, 0.15) is 6.54 Å². The quantitative estimate of drug-likeness (QED) is 0.613. The molecule has 5 nitrogen and oxygen atoms in total. The summed E-state index contributed by atoms with van der Waals surface area (Å²) in [5.41, 5.74) is 0.790. The van der Waals surface area contributed by atoms with E-state index in [-0.39, 0.29) is 24.3 Å². The molecule has 2 amide bonds. The number of nitriles is 1. The summed E-state index contributed by atoms with van der Waals surface area (Å²) in [5.74, 6) is 1.19. The van der Waals surface area contributed by atoms with Crippen molar-refractivity contribution in [2.24, 2.45) is 11.8 Å². The molecule has 0 bridgehead atoms. The lowest BCUT2D eigenvalue weighted by Crippen LogP contribution is -2.37. The van der Waals surface area contributed by atoms with Crippen LogP contribution < -0.4 is 10.6 Å². The maximum Gasteiger partial charge on any atom is 0.224 e. The first-order valence-corrected chi connectivity index (χ1v) is 9.24. The van der Waals surface area contributed by atoms with E-state index in [1.165, 1.54) is 6.92 Å². The molecule has 0 unspecified atom stereocenters. The van der Waals surface area contributed by atoms with Crippen molar-refractivity contribution < 1.29 is 9.59 Å². The minimum absolute atomic E-state index is 0.0123. The maximum atomic E-state index is 12.2. The van der Waals surface area contributed by atoms with E-state index in [0.29, 0.717) is 5.92 Å². The van der Waals surface area contributed by atoms with Gasteiger partial charge in [-0.25, -0.2) is 0 Å². The van der Waals surface area contributed by atoms with Crippen molar-refractivity contribution in [3.05, 3.63) is 24.3 Å². The molecule has 1 aromatic rings. The van der Waals surface area contributed by atoms with Crippen LogP contribution in [0.25, 0.3) is 0 Å². The standard InChI is InChI=1S/C18H23N3O2S/c1-13(22)21-15-6-8-16(9-7-15)24-12-14-4-2-3-5-17(14)18(23)20-11-10-19/h6-9,14,17H,2-5,11-12H2,1H3,(H,20,23)(H,21,22)/t14-,17+/m0/s1. The summed E-state index contributed by atoms with van der Waals surface area (Å²) in [4.78, 5) is 24.4. The Kier molecular flexibility index (Phi) is 7.13. The van der Waals surface area contributed by atoms with Gasteiger partial charge in [-0.1, -0.05) is 12.8 Å². The van der Waals surface area contributed by atoms with Gasteiger partial charge < -0.3 is 10.6 Å². The van der Waals surface area contributed by atoms with Crippen molar-refractivity contribution in [3.63, 3.8) is 0 Å². The van der Waals surface area contributed by atoms with Crippen molar-refractivity contribution in [3.8, 4) is 6.07 Å². The number of nitrogens with zero attached hydrogens (tertiary/aromatic N) is 1. The second-order valence-electron chi connectivity index (χ2n) is 6.04. The molecule has 0 aromatic heterocycles. The Morgan fingerprint density at radius 3 is 2.62 bits per heavy atom. The summed E-state index contributed by atoms with van der Waals surface area (Å²) < 4.78 is 0. The van der Waals surface area contributed by atoms with Crippen LogP contribution in [0, 0.1) is 23.2 Å². The lowest BCUT2D eigenvalue weighted by molar-refractivity contribution is -0.127. The largest absolute Gasteiger partial charge is 0.343 e. The van der Waals surface area contributed by atoms with Gasteiger partial charge in [0.05, 0.1) is 6.07 Å². The molecule has 1 aliphatic rings. The van der Waals surface area contributed by atoms with Crippen LogP contribution in [0.4, 0.5) is 5.69 Å². The highest BCUT2D eigenvalue weighted by atomic mass is 32.2. The van der Waals surface area contributed by atoms with Crippen LogP contribution in [-0.4, -0.2) is 24.1 Å². The van der Waals surface area contributed by atoms with Crippen molar-refractivity contribution in [2.45, 2.75) is 37.5 Å². The number of nitrogens with one attached hydrogen (secondary N) is 2. The number of benzene rings is 1. The number of hydrogen-bond donors (Lipinski definition) is 2. The molecule has 2 atom stereocenters. The van der Waals surface area contributed by atoms with Gasteiger partial charge in [-0.3, -0.25) is 9.59 Å². The molecule has 2 rings (SSSR count). The first kappa shape index (κ1) is 18.3. The van der Waals surface area contributed by atoms with Crippen LogP contribution in [-0.2, 0) is 9.59 Å². The molecule has 24 heavy (non-hydrogen) atoms. The van der Waals surface area contributed by atoms with Crippen molar-refractivity contribution >= 4 is 29.3 Å². The van der Waals surface area contributed by atoms with Crippen LogP contribution >= 0.6 is 11.8 Å². The van der Waals surface area contributed by atoms with Gasteiger partial charge in [0.25, 0.3) is 0 Å². The molecule has 1 saturated carbocycles. The number of carbonyl (C=O) groups is 2. The highest BCUT2D eigenvalue weighted by Gasteiger charge is 2.30. The average Bonchev–Trinajstić information content (AvgIpc) is 2.59. The Balaban J connectivity index is 1.89. The Labute approximate surface area is 147 Å². The molecule has 1 fully saturated rings. The minimum Gasteiger partial charge on any atom is -0.343 e. The van der Waals surface area contributed by atoms with E-state index in [1.54, 1.807) is 11.8 Å². The van der Waals surface area contributed by atoms with E-state index in [1.807, 2.05) is 30.3 Å². The molecule has 0 aliphatic heterocycles. The van der Waals surface area contributed by atoms with Crippen LogP contribution in [0.15, 0.2) is 29.2 Å². The third-order valence-corrected chi connectivity index (χ3v) is 5.43. The van der Waals surface area contributed by atoms with Gasteiger partial charge in [-0.15, -0.1) is 11.8 Å². The van der Waals surface area contributed by atoms with E-state index in [2.05, 4.69) is 10.6 Å². The molecule has 0 saturated heterocycles. The fourth-order valence-electron chi connectivity index (χ4n) is 3.05. The second-order valence-corrected chi connectivity index (χ2v) is 7.14. The lowest BCUT2D eigenvalue weighted by Gasteiger charge is -2.30. The fourth-order valence-corrected chi connectivity index (χ4v) is 4.19. The molecule has 2 N–H and O–H groups in total. The Hall–Kier alpha value is -2.00. The molecular formula is C18H23N3O2S. The number of rotatable bonds is 6. The van der Waals surface area contributed by atoms with Gasteiger partial charge in [-0.05, 0) is 43.0 Å².